The summed E-state index contributed by atoms with van der Waals surface area (Å²) in [5.41, 5.74) is 1.14. The summed E-state index contributed by atoms with van der Waals surface area (Å²) in [6.45, 7) is 1.68. The summed E-state index contributed by atoms with van der Waals surface area (Å²) in [6.07, 6.45) is 3.00. The average molecular weight is 297 g/mol. The Balaban J connectivity index is 1.94. The van der Waals surface area contributed by atoms with Gasteiger partial charge >= 0.3 is 0 Å². The smallest absolute Gasteiger partial charge is 0.229 e. The van der Waals surface area contributed by atoms with Crippen molar-refractivity contribution in [2.75, 3.05) is 29.4 Å². The van der Waals surface area contributed by atoms with Gasteiger partial charge in [0.25, 0.3) is 0 Å². The minimum absolute atomic E-state index is 0.000947. The molecule has 7 heteroatoms. The van der Waals surface area contributed by atoms with Gasteiger partial charge < -0.3 is 10.6 Å². The molecule has 110 valence electrons. The highest BCUT2D eigenvalue weighted by Crippen LogP contribution is 2.17. The first-order valence-electron chi connectivity index (χ1n) is 6.53. The van der Waals surface area contributed by atoms with Crippen LogP contribution in [0.15, 0.2) is 24.3 Å². The molecule has 0 aromatic heterocycles. The Kier molecular flexibility index (Phi) is 4.61. The number of piperidine rings is 1. The zero-order chi connectivity index (χ0) is 14.6. The van der Waals surface area contributed by atoms with Gasteiger partial charge in [0.15, 0.2) is 0 Å². The fourth-order valence-electron chi connectivity index (χ4n) is 2.16. The number of sulfonamides is 1. The van der Waals surface area contributed by atoms with Crippen LogP contribution in [0, 0.1) is 5.92 Å². The van der Waals surface area contributed by atoms with Crippen molar-refractivity contribution in [2.45, 2.75) is 12.8 Å². The maximum atomic E-state index is 12.0. The summed E-state index contributed by atoms with van der Waals surface area (Å²) in [5.74, 6) is -0.00130. The molecule has 1 aliphatic heterocycles. The lowest BCUT2D eigenvalue weighted by Crippen LogP contribution is -2.37. The third-order valence-electron chi connectivity index (χ3n) is 3.12. The zero-order valence-electron chi connectivity index (χ0n) is 11.3. The Bertz CT molecular complexity index is 563. The van der Waals surface area contributed by atoms with Gasteiger partial charge in [-0.1, -0.05) is 0 Å². The molecule has 0 saturated carbocycles. The van der Waals surface area contributed by atoms with Crippen LogP contribution in [0.3, 0.4) is 0 Å². The second-order valence-electron chi connectivity index (χ2n) is 4.98. The largest absolute Gasteiger partial charge is 0.326 e. The summed E-state index contributed by atoms with van der Waals surface area (Å²) in [5, 5.41) is 6.04. The van der Waals surface area contributed by atoms with Crippen molar-refractivity contribution in [3.05, 3.63) is 24.3 Å². The van der Waals surface area contributed by atoms with E-state index in [1.165, 1.54) is 0 Å². The summed E-state index contributed by atoms with van der Waals surface area (Å²) in [4.78, 5) is 12.0. The van der Waals surface area contributed by atoms with Gasteiger partial charge in [0.1, 0.15) is 0 Å². The summed E-state index contributed by atoms with van der Waals surface area (Å²) >= 11 is 0. The predicted octanol–water partition coefficient (Wildman–Crippen LogP) is 0.996. The first-order valence-corrected chi connectivity index (χ1v) is 8.42. The van der Waals surface area contributed by atoms with Gasteiger partial charge in [-0.05, 0) is 43.7 Å². The molecule has 0 aliphatic carbocycles. The van der Waals surface area contributed by atoms with E-state index in [1.807, 2.05) is 0 Å². The van der Waals surface area contributed by atoms with E-state index in [9.17, 15) is 13.2 Å². The van der Waals surface area contributed by atoms with E-state index in [4.69, 9.17) is 0 Å². The number of amides is 1. The van der Waals surface area contributed by atoms with Crippen LogP contribution < -0.4 is 15.4 Å². The van der Waals surface area contributed by atoms with Crippen molar-refractivity contribution >= 4 is 27.3 Å². The molecule has 1 aromatic rings. The van der Waals surface area contributed by atoms with E-state index in [0.29, 0.717) is 17.9 Å². The standard InChI is InChI=1S/C13H19N3O3S/c1-20(18,19)16-12-6-4-11(5-7-12)15-13(17)10-3-2-8-14-9-10/h4-7,10,14,16H,2-3,8-9H2,1H3,(H,15,17). The van der Waals surface area contributed by atoms with Crippen LogP contribution in [0.25, 0.3) is 0 Å². The highest BCUT2D eigenvalue weighted by molar-refractivity contribution is 7.92. The van der Waals surface area contributed by atoms with E-state index in [0.717, 1.165) is 25.6 Å². The Morgan fingerprint density at radius 2 is 1.90 bits per heavy atom. The van der Waals surface area contributed by atoms with Gasteiger partial charge in [-0.15, -0.1) is 0 Å². The maximum absolute atomic E-state index is 12.0. The topological polar surface area (TPSA) is 87.3 Å². The third kappa shape index (κ3) is 4.50. The molecule has 1 fully saturated rings. The van der Waals surface area contributed by atoms with Crippen molar-refractivity contribution in [3.63, 3.8) is 0 Å². The van der Waals surface area contributed by atoms with Crippen LogP contribution in [-0.2, 0) is 14.8 Å². The van der Waals surface area contributed by atoms with Gasteiger partial charge in [0.05, 0.1) is 12.2 Å². The Morgan fingerprint density at radius 1 is 1.25 bits per heavy atom. The number of rotatable bonds is 4. The van der Waals surface area contributed by atoms with Crippen molar-refractivity contribution in [3.8, 4) is 0 Å². The molecule has 6 nitrogen and oxygen atoms in total. The summed E-state index contributed by atoms with van der Waals surface area (Å²) < 4.78 is 24.5. The minimum Gasteiger partial charge on any atom is -0.326 e. The molecule has 20 heavy (non-hydrogen) atoms. The Labute approximate surface area is 119 Å². The van der Waals surface area contributed by atoms with Gasteiger partial charge in [-0.25, -0.2) is 8.42 Å². The second-order valence-corrected chi connectivity index (χ2v) is 6.73. The van der Waals surface area contributed by atoms with E-state index >= 15 is 0 Å². The molecule has 0 radical (unpaired) electrons. The van der Waals surface area contributed by atoms with Crippen molar-refractivity contribution in [2.24, 2.45) is 5.92 Å². The van der Waals surface area contributed by atoms with Gasteiger partial charge in [0, 0.05) is 17.9 Å². The number of anilines is 2. The van der Waals surface area contributed by atoms with E-state index in [1.54, 1.807) is 24.3 Å². The Hall–Kier alpha value is -1.60. The molecular weight excluding hydrogens is 278 g/mol. The summed E-state index contributed by atoms with van der Waals surface area (Å²) in [6, 6.07) is 6.61. The van der Waals surface area contributed by atoms with E-state index in [2.05, 4.69) is 15.4 Å². The first-order chi connectivity index (χ1) is 9.44. The van der Waals surface area contributed by atoms with Crippen molar-refractivity contribution in [1.29, 1.82) is 0 Å². The number of benzene rings is 1. The number of nitrogens with one attached hydrogen (secondary N) is 3. The second kappa shape index (κ2) is 6.23. The maximum Gasteiger partial charge on any atom is 0.229 e. The molecule has 0 bridgehead atoms. The lowest BCUT2D eigenvalue weighted by Gasteiger charge is -2.21. The molecule has 1 amide bonds. The molecule has 1 aromatic carbocycles. The quantitative estimate of drug-likeness (QED) is 0.773. The fraction of sp³-hybridized carbons (Fsp3) is 0.462. The van der Waals surface area contributed by atoms with Crippen LogP contribution >= 0.6 is 0 Å². The molecule has 0 spiro atoms. The van der Waals surface area contributed by atoms with Crippen LogP contribution in [0.4, 0.5) is 11.4 Å². The lowest BCUT2D eigenvalue weighted by atomic mass is 9.99. The van der Waals surface area contributed by atoms with Crippen LogP contribution in [0.5, 0.6) is 0 Å². The van der Waals surface area contributed by atoms with Gasteiger partial charge in [0.2, 0.25) is 15.9 Å². The SMILES string of the molecule is CS(=O)(=O)Nc1ccc(NC(=O)C2CCCNC2)cc1. The predicted molar refractivity (Wildman–Crippen MR) is 79.1 cm³/mol. The lowest BCUT2D eigenvalue weighted by molar-refractivity contribution is -0.120. The molecule has 1 atom stereocenters. The highest BCUT2D eigenvalue weighted by atomic mass is 32.2. The zero-order valence-corrected chi connectivity index (χ0v) is 12.2. The monoisotopic (exact) mass is 297 g/mol. The molecule has 1 saturated heterocycles. The molecule has 1 heterocycles. The molecule has 1 aliphatic rings. The normalized spacial score (nSPS) is 19.4. The fourth-order valence-corrected chi connectivity index (χ4v) is 2.72. The number of carbonyl (C=O) groups excluding carboxylic acids is 1. The molecule has 1 unspecified atom stereocenters. The number of hydrogen-bond acceptors (Lipinski definition) is 4. The summed E-state index contributed by atoms with van der Waals surface area (Å²) in [7, 11) is -3.28. The van der Waals surface area contributed by atoms with Crippen molar-refractivity contribution < 1.29 is 13.2 Å². The molecule has 2 rings (SSSR count). The number of hydrogen-bond donors (Lipinski definition) is 3. The Morgan fingerprint density at radius 3 is 2.45 bits per heavy atom. The molecule has 3 N–H and O–H groups in total. The van der Waals surface area contributed by atoms with Gasteiger partial charge in [-0.2, -0.15) is 0 Å². The highest BCUT2D eigenvalue weighted by Gasteiger charge is 2.20. The van der Waals surface area contributed by atoms with Crippen LogP contribution in [-0.4, -0.2) is 33.7 Å². The van der Waals surface area contributed by atoms with Crippen LogP contribution in [0.2, 0.25) is 0 Å². The molecular formula is C13H19N3O3S. The first kappa shape index (κ1) is 14.8. The third-order valence-corrected chi connectivity index (χ3v) is 3.73. The van der Waals surface area contributed by atoms with Crippen molar-refractivity contribution in [1.82, 2.24) is 5.32 Å². The van der Waals surface area contributed by atoms with E-state index in [-0.39, 0.29) is 11.8 Å². The number of carbonyl (C=O) groups is 1. The minimum atomic E-state index is -3.28. The average Bonchev–Trinajstić information content (AvgIpc) is 2.40. The van der Waals surface area contributed by atoms with E-state index < -0.39 is 10.0 Å². The van der Waals surface area contributed by atoms with Gasteiger partial charge in [-0.3, -0.25) is 9.52 Å². The van der Waals surface area contributed by atoms with Crippen LogP contribution in [0.1, 0.15) is 12.8 Å².